The van der Waals surface area contributed by atoms with Gasteiger partial charge in [0.2, 0.25) is 0 Å². The largest absolute Gasteiger partial charge is 0.493 e. The van der Waals surface area contributed by atoms with E-state index in [1.807, 2.05) is 30.3 Å². The molecule has 2 aliphatic rings. The maximum atomic E-state index is 10.6. The Kier molecular flexibility index (Phi) is 7.43. The van der Waals surface area contributed by atoms with Crippen LogP contribution in [0.25, 0.3) is 21.5 Å². The Balaban J connectivity index is 0.000000278. The van der Waals surface area contributed by atoms with Crippen LogP contribution < -0.4 is 23.8 Å². The lowest BCUT2D eigenvalue weighted by molar-refractivity contribution is -0.927. The first-order chi connectivity index (χ1) is 18.5. The van der Waals surface area contributed by atoms with Crippen molar-refractivity contribution in [2.24, 2.45) is 0 Å². The Morgan fingerprint density at radius 1 is 0.737 bits per heavy atom. The van der Waals surface area contributed by atoms with Crippen molar-refractivity contribution in [3.05, 3.63) is 71.3 Å². The number of carbonyl (C=O) groups excluding carboxylic acids is 1. The molecule has 198 valence electrons. The lowest BCUT2D eigenvalue weighted by atomic mass is 9.85. The van der Waals surface area contributed by atoms with Gasteiger partial charge in [0.05, 0.1) is 41.0 Å². The molecular formula is C32H36NO5+. The number of hydrogen-bond donors (Lipinski definition) is 1. The van der Waals surface area contributed by atoms with E-state index >= 15 is 0 Å². The number of carbonyl (C=O) groups is 1. The molecule has 0 aromatic heterocycles. The molecule has 0 aliphatic carbocycles. The summed E-state index contributed by atoms with van der Waals surface area (Å²) in [6.07, 6.45) is 3.74. The normalized spacial score (nSPS) is 17.7. The molecule has 1 fully saturated rings. The molecule has 2 atom stereocenters. The molecule has 0 bridgehead atoms. The van der Waals surface area contributed by atoms with Crippen LogP contribution in [0.2, 0.25) is 0 Å². The number of fused-ring (bicyclic) bond motifs is 7. The Bertz CT molecular complexity index is 1390. The fourth-order valence-corrected chi connectivity index (χ4v) is 6.07. The number of ether oxygens (including phenoxy) is 4. The Morgan fingerprint density at radius 2 is 1.24 bits per heavy atom. The monoisotopic (exact) mass is 514 g/mol. The maximum absolute atomic E-state index is 10.6. The number of nitrogens with one attached hydrogen (secondary N) is 1. The van der Waals surface area contributed by atoms with E-state index in [4.69, 9.17) is 18.9 Å². The lowest BCUT2D eigenvalue weighted by Gasteiger charge is -2.31. The standard InChI is InChI=1S/C24H27NO4.C8H8O/c1-26-21-9-16-15-8-14-6-5-7-25(14)13-20(15)19-12-24(29-4)23(28-3)11-18(19)17(16)10-22(21)27-2;1-7(9)8-5-3-2-4-6-8/h9-12,14H,5-8,13H2,1-4H3;2-6H,1H3/p+1. The molecule has 6 heteroatoms. The molecule has 2 unspecified atom stereocenters. The summed E-state index contributed by atoms with van der Waals surface area (Å²) in [5.41, 5.74) is 3.67. The van der Waals surface area contributed by atoms with Gasteiger partial charge in [0, 0.05) is 30.4 Å². The molecule has 0 amide bonds. The second kappa shape index (κ2) is 10.9. The zero-order valence-corrected chi connectivity index (χ0v) is 22.9. The van der Waals surface area contributed by atoms with E-state index in [9.17, 15) is 4.79 Å². The quantitative estimate of drug-likeness (QED) is 0.299. The lowest BCUT2D eigenvalue weighted by Crippen LogP contribution is -3.13. The van der Waals surface area contributed by atoms with Crippen molar-refractivity contribution in [3.63, 3.8) is 0 Å². The summed E-state index contributed by atoms with van der Waals surface area (Å²) < 4.78 is 22.5. The van der Waals surface area contributed by atoms with E-state index in [1.165, 1.54) is 52.1 Å². The highest BCUT2D eigenvalue weighted by atomic mass is 16.5. The van der Waals surface area contributed by atoms with E-state index < -0.39 is 0 Å². The molecule has 1 saturated heterocycles. The van der Waals surface area contributed by atoms with Crippen LogP contribution in [0.15, 0.2) is 54.6 Å². The van der Waals surface area contributed by atoms with Crippen molar-refractivity contribution in [1.82, 2.24) is 0 Å². The van der Waals surface area contributed by atoms with Crippen molar-refractivity contribution >= 4 is 27.3 Å². The molecule has 4 aromatic carbocycles. The minimum atomic E-state index is 0.121. The fraction of sp³-hybridized carbons (Fsp3) is 0.344. The molecule has 0 spiro atoms. The number of hydrogen-bond acceptors (Lipinski definition) is 5. The van der Waals surface area contributed by atoms with Crippen molar-refractivity contribution in [2.45, 2.75) is 38.8 Å². The molecule has 6 rings (SSSR count). The van der Waals surface area contributed by atoms with Gasteiger partial charge in [0.25, 0.3) is 0 Å². The van der Waals surface area contributed by atoms with Gasteiger partial charge in [-0.25, -0.2) is 0 Å². The van der Waals surface area contributed by atoms with Crippen LogP contribution in [-0.4, -0.2) is 46.8 Å². The summed E-state index contributed by atoms with van der Waals surface area (Å²) in [6, 6.07) is 18.5. The predicted molar refractivity (Wildman–Crippen MR) is 150 cm³/mol. The van der Waals surface area contributed by atoms with Gasteiger partial charge in [-0.3, -0.25) is 4.79 Å². The van der Waals surface area contributed by atoms with E-state index in [2.05, 4.69) is 24.3 Å². The van der Waals surface area contributed by atoms with Crippen LogP contribution in [0.3, 0.4) is 0 Å². The highest BCUT2D eigenvalue weighted by molar-refractivity contribution is 6.12. The summed E-state index contributed by atoms with van der Waals surface area (Å²) >= 11 is 0. The minimum absolute atomic E-state index is 0.121. The summed E-state index contributed by atoms with van der Waals surface area (Å²) in [7, 11) is 6.78. The molecule has 38 heavy (non-hydrogen) atoms. The average Bonchev–Trinajstić information content (AvgIpc) is 3.43. The third kappa shape index (κ3) is 4.65. The number of rotatable bonds is 5. The highest BCUT2D eigenvalue weighted by Crippen LogP contribution is 2.44. The van der Waals surface area contributed by atoms with Gasteiger partial charge in [0.1, 0.15) is 6.54 Å². The third-order valence-electron chi connectivity index (χ3n) is 8.01. The third-order valence-corrected chi connectivity index (χ3v) is 8.01. The van der Waals surface area contributed by atoms with Gasteiger partial charge in [-0.15, -0.1) is 0 Å². The van der Waals surface area contributed by atoms with Crippen molar-refractivity contribution in [1.29, 1.82) is 0 Å². The Labute approximate surface area is 224 Å². The first kappa shape index (κ1) is 25.9. The molecule has 0 radical (unpaired) electrons. The molecule has 0 saturated carbocycles. The van der Waals surface area contributed by atoms with Gasteiger partial charge in [0.15, 0.2) is 28.8 Å². The van der Waals surface area contributed by atoms with Crippen molar-refractivity contribution < 1.29 is 28.6 Å². The molecular weight excluding hydrogens is 478 g/mol. The van der Waals surface area contributed by atoms with Crippen molar-refractivity contribution in [2.75, 3.05) is 35.0 Å². The molecule has 2 heterocycles. The summed E-state index contributed by atoms with van der Waals surface area (Å²) in [6.45, 7) is 3.90. The average molecular weight is 515 g/mol. The van der Waals surface area contributed by atoms with Gasteiger partial charge >= 0.3 is 0 Å². The predicted octanol–water partition coefficient (Wildman–Crippen LogP) is 5.02. The van der Waals surface area contributed by atoms with Crippen LogP contribution >= 0.6 is 0 Å². The molecule has 2 aliphatic heterocycles. The topological polar surface area (TPSA) is 58.4 Å². The van der Waals surface area contributed by atoms with Gasteiger partial charge < -0.3 is 23.8 Å². The highest BCUT2D eigenvalue weighted by Gasteiger charge is 2.36. The number of quaternary nitrogens is 1. The molecule has 4 aromatic rings. The van der Waals surface area contributed by atoms with E-state index in [0.29, 0.717) is 0 Å². The van der Waals surface area contributed by atoms with Crippen LogP contribution in [-0.2, 0) is 13.0 Å². The first-order valence-corrected chi connectivity index (χ1v) is 13.1. The van der Waals surface area contributed by atoms with Gasteiger partial charge in [-0.05, 0) is 58.3 Å². The SMILES string of the molecule is CC(=O)c1ccccc1.COc1cc2c3c(c4cc(OC)c(OC)cc4c2cc1OC)C[NH+]1CCCC1C3. The summed E-state index contributed by atoms with van der Waals surface area (Å²) in [5, 5.41) is 4.88. The van der Waals surface area contributed by atoms with E-state index in [-0.39, 0.29) is 5.78 Å². The zero-order valence-electron chi connectivity index (χ0n) is 22.9. The summed E-state index contributed by atoms with van der Waals surface area (Å²) in [5.74, 6) is 3.18. The van der Waals surface area contributed by atoms with Crippen molar-refractivity contribution in [3.8, 4) is 23.0 Å². The summed E-state index contributed by atoms with van der Waals surface area (Å²) in [4.78, 5) is 12.4. The van der Waals surface area contributed by atoms with Crippen LogP contribution in [0.4, 0.5) is 0 Å². The van der Waals surface area contributed by atoms with E-state index in [0.717, 1.165) is 47.6 Å². The zero-order chi connectivity index (χ0) is 26.8. The van der Waals surface area contributed by atoms with Gasteiger partial charge in [-0.1, -0.05) is 30.3 Å². The van der Waals surface area contributed by atoms with E-state index in [1.54, 1.807) is 40.3 Å². The van der Waals surface area contributed by atoms with Crippen LogP contribution in [0.1, 0.15) is 41.3 Å². The number of methoxy groups -OCH3 is 4. The molecule has 6 nitrogen and oxygen atoms in total. The van der Waals surface area contributed by atoms with Gasteiger partial charge in [-0.2, -0.15) is 0 Å². The fourth-order valence-electron chi connectivity index (χ4n) is 6.07. The minimum Gasteiger partial charge on any atom is -0.493 e. The Morgan fingerprint density at radius 3 is 1.71 bits per heavy atom. The van der Waals surface area contributed by atoms with Crippen LogP contribution in [0.5, 0.6) is 23.0 Å². The number of Topliss-reactive ketones (excluding diaryl/α,β-unsaturated/α-hetero) is 1. The second-order valence-corrected chi connectivity index (χ2v) is 10.0. The molecule has 1 N–H and O–H groups in total. The van der Waals surface area contributed by atoms with Crippen LogP contribution in [0, 0.1) is 0 Å². The maximum Gasteiger partial charge on any atom is 0.161 e. The number of benzene rings is 4. The number of ketones is 1. The Hall–Kier alpha value is -3.77. The second-order valence-electron chi connectivity index (χ2n) is 10.0. The first-order valence-electron chi connectivity index (χ1n) is 13.1. The smallest absolute Gasteiger partial charge is 0.161 e.